The highest BCUT2D eigenvalue weighted by molar-refractivity contribution is 9.11. The van der Waals surface area contributed by atoms with E-state index in [9.17, 15) is 9.18 Å². The Kier molecular flexibility index (Phi) is 7.13. The highest BCUT2D eigenvalue weighted by Crippen LogP contribution is 2.37. The molecular formula is C24H17Br2FN2O2S. The van der Waals surface area contributed by atoms with E-state index in [4.69, 9.17) is 4.74 Å². The number of hydrogen-bond acceptors (Lipinski definition) is 4. The molecule has 32 heavy (non-hydrogen) atoms. The van der Waals surface area contributed by atoms with E-state index in [0.29, 0.717) is 31.4 Å². The summed E-state index contributed by atoms with van der Waals surface area (Å²) in [5.74, 6) is -0.0541. The fourth-order valence-corrected chi connectivity index (χ4v) is 5.17. The van der Waals surface area contributed by atoms with Crippen LogP contribution in [0.15, 0.2) is 79.5 Å². The molecule has 0 aliphatic carbocycles. The van der Waals surface area contributed by atoms with Crippen molar-refractivity contribution in [3.8, 4) is 5.75 Å². The number of amides is 1. The average Bonchev–Trinajstić information content (AvgIpc) is 3.09. The van der Waals surface area contributed by atoms with Crippen molar-refractivity contribution >= 4 is 66.5 Å². The third-order valence-corrected chi connectivity index (χ3v) is 6.53. The molecule has 8 heteroatoms. The predicted molar refractivity (Wildman–Crippen MR) is 135 cm³/mol. The molecule has 4 rings (SSSR count). The van der Waals surface area contributed by atoms with Crippen molar-refractivity contribution < 1.29 is 13.9 Å². The van der Waals surface area contributed by atoms with Gasteiger partial charge in [-0.1, -0.05) is 51.8 Å². The van der Waals surface area contributed by atoms with E-state index < -0.39 is 0 Å². The zero-order valence-electron chi connectivity index (χ0n) is 16.9. The quantitative estimate of drug-likeness (QED) is 0.329. The van der Waals surface area contributed by atoms with Crippen LogP contribution in [0.5, 0.6) is 5.75 Å². The van der Waals surface area contributed by atoms with Gasteiger partial charge in [0.15, 0.2) is 5.17 Å². The second kappa shape index (κ2) is 10.0. The number of benzene rings is 3. The Bertz CT molecular complexity index is 1240. The summed E-state index contributed by atoms with van der Waals surface area (Å²) in [4.78, 5) is 17.5. The molecule has 1 heterocycles. The van der Waals surface area contributed by atoms with Crippen LogP contribution < -0.4 is 10.1 Å². The van der Waals surface area contributed by atoms with Gasteiger partial charge in [-0.25, -0.2) is 9.38 Å². The topological polar surface area (TPSA) is 50.7 Å². The highest BCUT2D eigenvalue weighted by Gasteiger charge is 2.25. The summed E-state index contributed by atoms with van der Waals surface area (Å²) in [5, 5.41) is 3.30. The van der Waals surface area contributed by atoms with Crippen LogP contribution in [0, 0.1) is 12.7 Å². The number of carbonyl (C=O) groups is 1. The summed E-state index contributed by atoms with van der Waals surface area (Å²) in [7, 11) is 0. The van der Waals surface area contributed by atoms with Crippen molar-refractivity contribution in [1.29, 1.82) is 0 Å². The number of amidine groups is 1. The van der Waals surface area contributed by atoms with Crippen molar-refractivity contribution in [3.05, 3.63) is 97.0 Å². The Hall–Kier alpha value is -2.42. The lowest BCUT2D eigenvalue weighted by Gasteiger charge is -2.13. The number of aryl methyl sites for hydroxylation is 1. The lowest BCUT2D eigenvalue weighted by Crippen LogP contribution is -2.19. The summed E-state index contributed by atoms with van der Waals surface area (Å²) in [6.45, 7) is 2.06. The minimum atomic E-state index is -0.330. The smallest absolute Gasteiger partial charge is 0.264 e. The van der Waals surface area contributed by atoms with Crippen LogP contribution in [-0.2, 0) is 11.4 Å². The molecule has 1 aliphatic rings. The highest BCUT2D eigenvalue weighted by atomic mass is 79.9. The molecule has 1 fully saturated rings. The Morgan fingerprint density at radius 1 is 1.12 bits per heavy atom. The van der Waals surface area contributed by atoms with Gasteiger partial charge in [-0.2, -0.15) is 0 Å². The first kappa shape index (κ1) is 22.8. The second-order valence-electron chi connectivity index (χ2n) is 7.00. The standard InChI is InChI=1S/C24H17Br2FN2O2S/c1-14-6-8-18(9-7-14)28-24-29-23(30)21(32-24)11-16-10-17(25)12-19(26)22(16)31-13-15-4-2-3-5-20(15)27/h2-12H,13H2,1H3,(H,28,29,30)/b21-11-. The van der Waals surface area contributed by atoms with Gasteiger partial charge in [0, 0.05) is 15.6 Å². The first-order chi connectivity index (χ1) is 15.4. The number of thioether (sulfide) groups is 1. The molecule has 3 aromatic carbocycles. The molecule has 0 spiro atoms. The molecule has 162 valence electrons. The van der Waals surface area contributed by atoms with E-state index in [-0.39, 0.29) is 18.3 Å². The predicted octanol–water partition coefficient (Wildman–Crippen LogP) is 7.13. The molecule has 3 aromatic rings. The maximum Gasteiger partial charge on any atom is 0.264 e. The summed E-state index contributed by atoms with van der Waals surface area (Å²) < 4.78 is 21.4. The minimum absolute atomic E-state index is 0.0581. The molecular weight excluding hydrogens is 559 g/mol. The minimum Gasteiger partial charge on any atom is -0.487 e. The monoisotopic (exact) mass is 574 g/mol. The maximum atomic E-state index is 14.0. The molecule has 0 radical (unpaired) electrons. The maximum absolute atomic E-state index is 14.0. The van der Waals surface area contributed by atoms with Gasteiger partial charge in [-0.05, 0) is 71.0 Å². The van der Waals surface area contributed by atoms with E-state index in [0.717, 1.165) is 15.7 Å². The number of halogens is 3. The molecule has 1 aliphatic heterocycles. The van der Waals surface area contributed by atoms with Crippen LogP contribution in [0.4, 0.5) is 10.1 Å². The van der Waals surface area contributed by atoms with Crippen molar-refractivity contribution in [3.63, 3.8) is 0 Å². The summed E-state index contributed by atoms with van der Waals surface area (Å²) in [6.07, 6.45) is 1.74. The average molecular weight is 576 g/mol. The Labute approximate surface area is 206 Å². The van der Waals surface area contributed by atoms with Crippen LogP contribution in [0.1, 0.15) is 16.7 Å². The largest absolute Gasteiger partial charge is 0.487 e. The van der Waals surface area contributed by atoms with Gasteiger partial charge in [-0.3, -0.25) is 4.79 Å². The number of aliphatic imine (C=N–C) groups is 1. The van der Waals surface area contributed by atoms with Gasteiger partial charge >= 0.3 is 0 Å². The molecule has 0 saturated carbocycles. The van der Waals surface area contributed by atoms with E-state index in [1.165, 1.54) is 17.8 Å². The van der Waals surface area contributed by atoms with Crippen LogP contribution in [-0.4, -0.2) is 11.1 Å². The molecule has 1 N–H and O–H groups in total. The van der Waals surface area contributed by atoms with Gasteiger partial charge in [0.1, 0.15) is 18.2 Å². The SMILES string of the molecule is Cc1ccc(N=C2NC(=O)/C(=C/c3cc(Br)cc(Br)c3OCc3ccccc3F)S2)cc1. The normalized spacial score (nSPS) is 15.9. The number of rotatable bonds is 5. The number of nitrogens with zero attached hydrogens (tertiary/aromatic N) is 1. The number of ether oxygens (including phenoxy) is 1. The summed E-state index contributed by atoms with van der Waals surface area (Å²) in [6, 6.07) is 17.9. The van der Waals surface area contributed by atoms with Crippen LogP contribution in [0.25, 0.3) is 6.08 Å². The van der Waals surface area contributed by atoms with Gasteiger partial charge in [0.05, 0.1) is 15.1 Å². The number of carbonyl (C=O) groups excluding carboxylic acids is 1. The zero-order valence-corrected chi connectivity index (χ0v) is 20.9. The zero-order chi connectivity index (χ0) is 22.7. The van der Waals surface area contributed by atoms with Gasteiger partial charge in [0.2, 0.25) is 0 Å². The third kappa shape index (κ3) is 5.49. The van der Waals surface area contributed by atoms with E-state index in [2.05, 4.69) is 42.2 Å². The molecule has 1 saturated heterocycles. The third-order valence-electron chi connectivity index (χ3n) is 4.57. The van der Waals surface area contributed by atoms with E-state index >= 15 is 0 Å². The van der Waals surface area contributed by atoms with Crippen molar-refractivity contribution in [2.45, 2.75) is 13.5 Å². The molecule has 0 unspecified atom stereocenters. The second-order valence-corrected chi connectivity index (χ2v) is 9.80. The number of hydrogen-bond donors (Lipinski definition) is 1. The molecule has 0 aromatic heterocycles. The summed E-state index contributed by atoms with van der Waals surface area (Å²) >= 11 is 8.24. The first-order valence-electron chi connectivity index (χ1n) is 9.60. The van der Waals surface area contributed by atoms with Crippen LogP contribution >= 0.6 is 43.6 Å². The van der Waals surface area contributed by atoms with Crippen molar-refractivity contribution in [2.24, 2.45) is 4.99 Å². The lowest BCUT2D eigenvalue weighted by molar-refractivity contribution is -0.115. The van der Waals surface area contributed by atoms with E-state index in [1.807, 2.05) is 43.3 Å². The first-order valence-corrected chi connectivity index (χ1v) is 12.0. The van der Waals surface area contributed by atoms with Gasteiger partial charge < -0.3 is 10.1 Å². The van der Waals surface area contributed by atoms with Gasteiger partial charge in [0.25, 0.3) is 5.91 Å². The molecule has 0 bridgehead atoms. The lowest BCUT2D eigenvalue weighted by atomic mass is 10.1. The molecule has 1 amide bonds. The Balaban J connectivity index is 1.60. The molecule has 0 atom stereocenters. The Morgan fingerprint density at radius 3 is 2.62 bits per heavy atom. The van der Waals surface area contributed by atoms with E-state index in [1.54, 1.807) is 24.3 Å². The fourth-order valence-electron chi connectivity index (χ4n) is 2.96. The summed E-state index contributed by atoms with van der Waals surface area (Å²) in [5.41, 5.74) is 3.03. The number of nitrogens with one attached hydrogen (secondary N) is 1. The molecule has 4 nitrogen and oxygen atoms in total. The van der Waals surface area contributed by atoms with Crippen LogP contribution in [0.3, 0.4) is 0 Å². The Morgan fingerprint density at radius 2 is 1.88 bits per heavy atom. The van der Waals surface area contributed by atoms with Crippen molar-refractivity contribution in [2.75, 3.05) is 0 Å². The van der Waals surface area contributed by atoms with Crippen molar-refractivity contribution in [1.82, 2.24) is 5.32 Å². The van der Waals surface area contributed by atoms with Gasteiger partial charge in [-0.15, -0.1) is 0 Å². The fraction of sp³-hybridized carbons (Fsp3) is 0.0833. The van der Waals surface area contributed by atoms with Crippen LogP contribution in [0.2, 0.25) is 0 Å².